The number of Topliss-reactive ketones (excluding diaryl/α,β-unsaturated/α-hetero) is 1. The van der Waals surface area contributed by atoms with Crippen LogP contribution in [0.1, 0.15) is 93.0 Å². The lowest BCUT2D eigenvalue weighted by molar-refractivity contribution is -0.870. The summed E-state index contributed by atoms with van der Waals surface area (Å²) in [5.41, 5.74) is 3.49. The highest BCUT2D eigenvalue weighted by atomic mass is 32.1. The van der Waals surface area contributed by atoms with Crippen molar-refractivity contribution in [2.45, 2.75) is 77.7 Å². The van der Waals surface area contributed by atoms with Crippen molar-refractivity contribution in [2.75, 3.05) is 80.8 Å². The third-order valence-corrected chi connectivity index (χ3v) is 15.7. The first-order valence-electron chi connectivity index (χ1n) is 26.4. The van der Waals surface area contributed by atoms with E-state index in [4.69, 9.17) is 14.2 Å². The number of carbonyl (C=O) groups is 5. The third-order valence-electron chi connectivity index (χ3n) is 13.9. The van der Waals surface area contributed by atoms with Crippen LogP contribution in [0.3, 0.4) is 0 Å². The van der Waals surface area contributed by atoms with Crippen LogP contribution in [0, 0.1) is 16.0 Å². The summed E-state index contributed by atoms with van der Waals surface area (Å²) in [5, 5.41) is 24.7. The second-order valence-electron chi connectivity index (χ2n) is 20.5. The number of thiophene rings is 2. The zero-order valence-electron chi connectivity index (χ0n) is 45.1. The van der Waals surface area contributed by atoms with Crippen molar-refractivity contribution in [1.82, 2.24) is 25.3 Å². The summed E-state index contributed by atoms with van der Waals surface area (Å²) in [6.07, 6.45) is 9.50. The number of nitro groups is 1. The lowest BCUT2D eigenvalue weighted by atomic mass is 9.88. The van der Waals surface area contributed by atoms with Crippen molar-refractivity contribution in [3.8, 4) is 22.1 Å². The van der Waals surface area contributed by atoms with Gasteiger partial charge in [-0.1, -0.05) is 19.1 Å². The van der Waals surface area contributed by atoms with Gasteiger partial charge in [0.1, 0.15) is 12.4 Å². The largest absolute Gasteiger partial charge is 0.737 e. The number of rotatable bonds is 32. The molecule has 0 aliphatic carbocycles. The zero-order chi connectivity index (χ0) is 56.1. The number of halogens is 2. The van der Waals surface area contributed by atoms with Crippen molar-refractivity contribution in [3.63, 3.8) is 0 Å². The standard InChI is InChI=1S/C55H69BF2N8O10S2/c1-7-38(31-41(67)18-17-40-33-47(51-15-12-30-78-51)64-44(40)35-43-39(13-10-25-66(3,4)5)32-46(50-14-11-29-77-50)63(43)56(64,57)58)55(71)61-21-9-8-16-52(68)60-23-27-76-49-36-45(65(72)73)42(34-48(49)74-6)37(2)59-22-26-75-28-24-62-53(69)19-20-54(62)70/h11-12,14-15,19-20,29-30,32-38,59H,7-10,13,16-18,21-28,31H2,1-6H3,(H-,60,61,68,71)/p+1. The molecular formula is C55H70BF2N8O10S2+. The Morgan fingerprint density at radius 2 is 1.62 bits per heavy atom. The van der Waals surface area contributed by atoms with E-state index in [9.17, 15) is 34.1 Å². The normalized spacial score (nSPS) is 15.5. The molecule has 0 radical (unpaired) electrons. The molecular weight excluding hydrogens is 1050 g/mol. The van der Waals surface area contributed by atoms with Crippen LogP contribution in [0.15, 0.2) is 82.7 Å². The van der Waals surface area contributed by atoms with Gasteiger partial charge in [0.2, 0.25) is 11.8 Å². The lowest BCUT2D eigenvalue weighted by Crippen LogP contribution is -2.50. The Labute approximate surface area is 461 Å². The topological polar surface area (TPSA) is 203 Å². The molecule has 7 rings (SSSR count). The van der Waals surface area contributed by atoms with Crippen LogP contribution in [0.4, 0.5) is 14.3 Å². The van der Waals surface area contributed by atoms with Gasteiger partial charge >= 0.3 is 6.97 Å². The maximum absolute atomic E-state index is 17.4. The van der Waals surface area contributed by atoms with E-state index in [1.54, 1.807) is 13.0 Å². The molecule has 3 aromatic heterocycles. The van der Waals surface area contributed by atoms with Gasteiger partial charge in [-0.2, -0.15) is 0 Å². The van der Waals surface area contributed by atoms with Crippen LogP contribution in [-0.4, -0.2) is 146 Å². The number of methoxy groups -OCH3 is 1. The number of allylic oxidation sites excluding steroid dienone is 2. The summed E-state index contributed by atoms with van der Waals surface area (Å²) in [4.78, 5) is 77.1. The quantitative estimate of drug-likeness (QED) is 0.0108. The Bertz CT molecular complexity index is 2950. The van der Waals surface area contributed by atoms with Crippen molar-refractivity contribution in [2.24, 2.45) is 5.92 Å². The molecule has 3 aliphatic heterocycles. The fraction of sp³-hybridized carbons (Fsp3) is 0.455. The number of ether oxygens (including phenoxy) is 3. The lowest BCUT2D eigenvalue weighted by Gasteiger charge is -2.31. The monoisotopic (exact) mass is 1120 g/mol. The predicted octanol–water partition coefficient (Wildman–Crippen LogP) is 7.69. The van der Waals surface area contributed by atoms with Gasteiger partial charge in [-0.05, 0) is 79.6 Å². The first-order chi connectivity index (χ1) is 37.3. The van der Waals surface area contributed by atoms with E-state index in [0.717, 1.165) is 32.8 Å². The Kier molecular flexibility index (Phi) is 20.3. The van der Waals surface area contributed by atoms with Gasteiger partial charge in [-0.15, -0.1) is 22.7 Å². The highest BCUT2D eigenvalue weighted by Crippen LogP contribution is 2.43. The number of fused-ring (bicyclic) bond motifs is 2. The molecule has 0 fully saturated rings. The molecule has 418 valence electrons. The van der Waals surface area contributed by atoms with Crippen LogP contribution >= 0.6 is 22.7 Å². The number of nitrogens with one attached hydrogen (secondary N) is 3. The average Bonchev–Trinajstić information content (AvgIpc) is 4.28. The summed E-state index contributed by atoms with van der Waals surface area (Å²) < 4.78 is 54.8. The molecule has 0 spiro atoms. The number of hydrogen-bond donors (Lipinski definition) is 3. The minimum absolute atomic E-state index is 0.00497. The number of imide groups is 1. The van der Waals surface area contributed by atoms with Crippen molar-refractivity contribution >= 4 is 76.5 Å². The van der Waals surface area contributed by atoms with E-state index in [1.165, 1.54) is 63.0 Å². The number of carbonyl (C=O) groups excluding carboxylic acids is 5. The number of quaternary nitrogens is 1. The molecule has 23 heteroatoms. The number of aryl methyl sites for hydroxylation is 1. The SMILES string of the molecule is CCC(CC(=O)CCC1=CC(c2cccs2)=[N+]2C1=Cc1c(CCC[N+](C)(C)C)cc(-c3cccs3)n1[B-]2(F)F)C(=O)NCCCCC(=O)NCCOc1cc([N+](=O)[O-])c(C(C)NCCOCCN2C(=O)C=CC2=O)cc1OC. The van der Waals surface area contributed by atoms with Crippen LogP contribution in [0.2, 0.25) is 0 Å². The van der Waals surface area contributed by atoms with Crippen LogP contribution in [0.5, 0.6) is 11.5 Å². The molecule has 0 bridgehead atoms. The Hall–Kier alpha value is -6.66. The molecule has 3 N–H and O–H groups in total. The molecule has 78 heavy (non-hydrogen) atoms. The van der Waals surface area contributed by atoms with E-state index < -0.39 is 23.9 Å². The first-order valence-corrected chi connectivity index (χ1v) is 28.2. The number of hydrogen-bond acceptors (Lipinski definition) is 13. The molecule has 4 aromatic rings. The molecule has 0 saturated carbocycles. The van der Waals surface area contributed by atoms with Crippen molar-refractivity contribution in [3.05, 3.63) is 115 Å². The van der Waals surface area contributed by atoms with Gasteiger partial charge in [0.15, 0.2) is 22.9 Å². The van der Waals surface area contributed by atoms with E-state index in [0.29, 0.717) is 77.6 Å². The van der Waals surface area contributed by atoms with Gasteiger partial charge in [0.05, 0.1) is 82.5 Å². The number of benzene rings is 1. The summed E-state index contributed by atoms with van der Waals surface area (Å²) in [7, 11) is 7.77. The van der Waals surface area contributed by atoms with E-state index in [1.807, 2.05) is 54.1 Å². The Morgan fingerprint density at radius 1 is 0.885 bits per heavy atom. The highest BCUT2D eigenvalue weighted by molar-refractivity contribution is 7.13. The summed E-state index contributed by atoms with van der Waals surface area (Å²) in [6.45, 7) is 1.39. The molecule has 1 aromatic carbocycles. The number of ketones is 1. The van der Waals surface area contributed by atoms with Crippen molar-refractivity contribution in [1.29, 1.82) is 0 Å². The minimum Gasteiger partial charge on any atom is -0.493 e. The van der Waals surface area contributed by atoms with Gasteiger partial charge in [-0.3, -0.25) is 39.0 Å². The summed E-state index contributed by atoms with van der Waals surface area (Å²) in [6, 6.07) is 11.7. The van der Waals surface area contributed by atoms with Gasteiger partial charge < -0.3 is 52.2 Å². The van der Waals surface area contributed by atoms with Crippen LogP contribution < -0.4 is 25.4 Å². The van der Waals surface area contributed by atoms with E-state index >= 15 is 8.63 Å². The molecule has 2 unspecified atom stereocenters. The minimum atomic E-state index is -4.34. The number of amides is 4. The van der Waals surface area contributed by atoms with Gasteiger partial charge in [-0.25, -0.2) is 0 Å². The maximum Gasteiger partial charge on any atom is 0.737 e. The summed E-state index contributed by atoms with van der Waals surface area (Å²) >= 11 is 2.82. The number of aromatic nitrogens is 1. The zero-order valence-corrected chi connectivity index (χ0v) is 46.8. The number of nitrogens with zero attached hydrogens (tertiary/aromatic N) is 5. The first kappa shape index (κ1) is 59.0. The van der Waals surface area contributed by atoms with Gasteiger partial charge in [0.25, 0.3) is 17.5 Å². The fourth-order valence-corrected chi connectivity index (χ4v) is 11.3. The third kappa shape index (κ3) is 14.7. The second-order valence-corrected chi connectivity index (χ2v) is 22.4. The molecule has 3 aliphatic rings. The van der Waals surface area contributed by atoms with E-state index in [2.05, 4.69) is 37.1 Å². The van der Waals surface area contributed by atoms with Gasteiger partial charge in [0, 0.05) is 96.9 Å². The number of unbranched alkanes of at least 4 members (excludes halogenated alkanes) is 1. The van der Waals surface area contributed by atoms with E-state index in [-0.39, 0.29) is 105 Å². The molecule has 0 saturated heterocycles. The summed E-state index contributed by atoms with van der Waals surface area (Å²) in [5.74, 6) is -1.58. The number of nitro benzene ring substituents is 1. The fourth-order valence-electron chi connectivity index (χ4n) is 9.79. The predicted molar refractivity (Wildman–Crippen MR) is 298 cm³/mol. The smallest absolute Gasteiger partial charge is 0.493 e. The Balaban J connectivity index is 0.844. The Morgan fingerprint density at radius 3 is 2.28 bits per heavy atom. The molecule has 6 heterocycles. The molecule has 2 atom stereocenters. The van der Waals surface area contributed by atoms with Crippen molar-refractivity contribution < 1.29 is 60.7 Å². The molecule has 4 amide bonds. The highest BCUT2D eigenvalue weighted by Gasteiger charge is 2.55. The van der Waals surface area contributed by atoms with Crippen LogP contribution in [0.25, 0.3) is 16.6 Å². The van der Waals surface area contributed by atoms with Crippen LogP contribution in [-0.2, 0) is 35.1 Å². The maximum atomic E-state index is 17.4. The molecule has 18 nitrogen and oxygen atoms in total. The average molecular weight is 1120 g/mol. The second kappa shape index (κ2) is 26.8.